The second-order valence-electron chi connectivity index (χ2n) is 4.89. The Bertz CT molecular complexity index is 664. The molecule has 0 unspecified atom stereocenters. The van der Waals surface area contributed by atoms with Crippen molar-refractivity contribution in [3.8, 4) is 6.07 Å². The molecule has 0 spiro atoms. The summed E-state index contributed by atoms with van der Waals surface area (Å²) in [4.78, 5) is 11.9. The Kier molecular flexibility index (Phi) is 4.72. The maximum absolute atomic E-state index is 11.9. The number of nitriles is 1. The topological polar surface area (TPSA) is 78.9 Å². The monoisotopic (exact) mass is 283 g/mol. The van der Waals surface area contributed by atoms with Gasteiger partial charge >= 0.3 is 0 Å². The summed E-state index contributed by atoms with van der Waals surface area (Å²) in [6, 6.07) is 9.29. The number of aryl methyl sites for hydroxylation is 2. The van der Waals surface area contributed by atoms with Crippen molar-refractivity contribution in [2.24, 2.45) is 0 Å². The average molecular weight is 283 g/mol. The van der Waals surface area contributed by atoms with Crippen molar-refractivity contribution < 1.29 is 9.32 Å². The lowest BCUT2D eigenvalue weighted by Gasteiger charge is -2.05. The summed E-state index contributed by atoms with van der Waals surface area (Å²) in [6.07, 6.45) is 1.01. The first kappa shape index (κ1) is 14.8. The minimum absolute atomic E-state index is 0.0302. The van der Waals surface area contributed by atoms with Gasteiger partial charge in [-0.1, -0.05) is 17.3 Å². The summed E-state index contributed by atoms with van der Waals surface area (Å²) in [7, 11) is 0. The standard InChI is InChI=1S/C16H17N3O2/c1-11-15(12(2)21-19-11)6-7-16(20)18-10-14-5-3-4-13(8-14)9-17/h3-5,8H,6-7,10H2,1-2H3,(H,18,20). The number of nitrogens with zero attached hydrogens (tertiary/aromatic N) is 2. The quantitative estimate of drug-likeness (QED) is 0.914. The third-order valence-electron chi connectivity index (χ3n) is 3.33. The molecular formula is C16H17N3O2. The smallest absolute Gasteiger partial charge is 0.220 e. The maximum atomic E-state index is 11.9. The number of amides is 1. The van der Waals surface area contributed by atoms with Crippen LogP contribution in [0.1, 0.15) is 34.6 Å². The van der Waals surface area contributed by atoms with Gasteiger partial charge in [0.1, 0.15) is 5.76 Å². The molecule has 1 amide bonds. The summed E-state index contributed by atoms with van der Waals surface area (Å²) in [5, 5.41) is 15.6. The summed E-state index contributed by atoms with van der Waals surface area (Å²) < 4.78 is 5.07. The lowest BCUT2D eigenvalue weighted by Crippen LogP contribution is -2.23. The van der Waals surface area contributed by atoms with Gasteiger partial charge < -0.3 is 9.84 Å². The second kappa shape index (κ2) is 6.71. The third kappa shape index (κ3) is 3.93. The first-order valence-corrected chi connectivity index (χ1v) is 6.77. The van der Waals surface area contributed by atoms with Gasteiger partial charge in [-0.05, 0) is 38.0 Å². The van der Waals surface area contributed by atoms with E-state index in [0.717, 1.165) is 22.6 Å². The molecule has 1 heterocycles. The molecule has 0 aliphatic heterocycles. The highest BCUT2D eigenvalue weighted by Gasteiger charge is 2.11. The number of hydrogen-bond donors (Lipinski definition) is 1. The highest BCUT2D eigenvalue weighted by molar-refractivity contribution is 5.76. The number of rotatable bonds is 5. The zero-order chi connectivity index (χ0) is 15.2. The average Bonchev–Trinajstić information content (AvgIpc) is 2.82. The van der Waals surface area contributed by atoms with Crippen molar-refractivity contribution in [3.05, 3.63) is 52.4 Å². The van der Waals surface area contributed by atoms with Gasteiger partial charge in [-0.3, -0.25) is 4.79 Å². The molecule has 1 aromatic carbocycles. The first-order chi connectivity index (χ1) is 10.1. The molecular weight excluding hydrogens is 266 g/mol. The number of carbonyl (C=O) groups is 1. The Morgan fingerprint density at radius 3 is 2.90 bits per heavy atom. The lowest BCUT2D eigenvalue weighted by atomic mass is 10.1. The van der Waals surface area contributed by atoms with E-state index in [4.69, 9.17) is 9.78 Å². The molecule has 2 rings (SSSR count). The van der Waals surface area contributed by atoms with E-state index in [-0.39, 0.29) is 5.91 Å². The molecule has 0 radical (unpaired) electrons. The summed E-state index contributed by atoms with van der Waals surface area (Å²) >= 11 is 0. The Morgan fingerprint density at radius 1 is 1.43 bits per heavy atom. The number of benzene rings is 1. The van der Waals surface area contributed by atoms with Crippen LogP contribution in [-0.4, -0.2) is 11.1 Å². The van der Waals surface area contributed by atoms with Crippen LogP contribution in [0.5, 0.6) is 0 Å². The van der Waals surface area contributed by atoms with Crippen LogP contribution < -0.4 is 5.32 Å². The summed E-state index contributed by atoms with van der Waals surface area (Å²) in [5.74, 6) is 0.736. The van der Waals surface area contributed by atoms with E-state index in [1.54, 1.807) is 12.1 Å². The number of hydrogen-bond acceptors (Lipinski definition) is 4. The zero-order valence-electron chi connectivity index (χ0n) is 12.1. The van der Waals surface area contributed by atoms with Gasteiger partial charge in [0.2, 0.25) is 5.91 Å². The molecule has 0 saturated carbocycles. The van der Waals surface area contributed by atoms with E-state index in [9.17, 15) is 4.79 Å². The highest BCUT2D eigenvalue weighted by Crippen LogP contribution is 2.14. The summed E-state index contributed by atoms with van der Waals surface area (Å²) in [5.41, 5.74) is 3.34. The van der Waals surface area contributed by atoms with Crippen LogP contribution in [0.2, 0.25) is 0 Å². The molecule has 2 aromatic rings. The third-order valence-corrected chi connectivity index (χ3v) is 3.33. The fraction of sp³-hybridized carbons (Fsp3) is 0.312. The molecule has 0 atom stereocenters. The molecule has 5 heteroatoms. The van der Waals surface area contributed by atoms with Gasteiger partial charge in [-0.15, -0.1) is 0 Å². The van der Waals surface area contributed by atoms with E-state index in [1.165, 1.54) is 0 Å². The van der Waals surface area contributed by atoms with E-state index in [1.807, 2.05) is 26.0 Å². The molecule has 0 aliphatic carbocycles. The molecule has 0 fully saturated rings. The minimum Gasteiger partial charge on any atom is -0.361 e. The summed E-state index contributed by atoms with van der Waals surface area (Å²) in [6.45, 7) is 4.15. The van der Waals surface area contributed by atoms with Crippen molar-refractivity contribution in [1.82, 2.24) is 10.5 Å². The SMILES string of the molecule is Cc1noc(C)c1CCC(=O)NCc1cccc(C#N)c1. The highest BCUT2D eigenvalue weighted by atomic mass is 16.5. The largest absolute Gasteiger partial charge is 0.361 e. The van der Waals surface area contributed by atoms with E-state index >= 15 is 0 Å². The van der Waals surface area contributed by atoms with Crippen LogP contribution in [0.4, 0.5) is 0 Å². The number of carbonyl (C=O) groups excluding carboxylic acids is 1. The molecule has 0 aliphatic rings. The van der Waals surface area contributed by atoms with Crippen molar-refractivity contribution in [1.29, 1.82) is 5.26 Å². The molecule has 1 aromatic heterocycles. The molecule has 1 N–H and O–H groups in total. The maximum Gasteiger partial charge on any atom is 0.220 e. The van der Waals surface area contributed by atoms with Crippen molar-refractivity contribution in [2.75, 3.05) is 0 Å². The van der Waals surface area contributed by atoms with E-state index in [2.05, 4.69) is 16.5 Å². The lowest BCUT2D eigenvalue weighted by molar-refractivity contribution is -0.121. The van der Waals surface area contributed by atoms with Crippen molar-refractivity contribution in [3.63, 3.8) is 0 Å². The molecule has 21 heavy (non-hydrogen) atoms. The van der Waals surface area contributed by atoms with Crippen LogP contribution in [0, 0.1) is 25.2 Å². The van der Waals surface area contributed by atoms with Gasteiger partial charge in [0.05, 0.1) is 17.3 Å². The van der Waals surface area contributed by atoms with Crippen LogP contribution in [0.25, 0.3) is 0 Å². The van der Waals surface area contributed by atoms with Gasteiger partial charge in [0.25, 0.3) is 0 Å². The van der Waals surface area contributed by atoms with Gasteiger partial charge in [-0.25, -0.2) is 0 Å². The molecule has 0 bridgehead atoms. The minimum atomic E-state index is -0.0302. The Morgan fingerprint density at radius 2 is 2.24 bits per heavy atom. The Hall–Kier alpha value is -2.61. The van der Waals surface area contributed by atoms with Crippen molar-refractivity contribution in [2.45, 2.75) is 33.2 Å². The molecule has 0 saturated heterocycles. The predicted octanol–water partition coefficient (Wildman–Crippen LogP) is 2.41. The van der Waals surface area contributed by atoms with E-state index < -0.39 is 0 Å². The Labute approximate surface area is 123 Å². The second-order valence-corrected chi connectivity index (χ2v) is 4.89. The van der Waals surface area contributed by atoms with E-state index in [0.29, 0.717) is 24.9 Å². The molecule has 5 nitrogen and oxygen atoms in total. The van der Waals surface area contributed by atoms with Gasteiger partial charge in [0.15, 0.2) is 0 Å². The van der Waals surface area contributed by atoms with Gasteiger partial charge in [-0.2, -0.15) is 5.26 Å². The van der Waals surface area contributed by atoms with Crippen molar-refractivity contribution >= 4 is 5.91 Å². The number of aromatic nitrogens is 1. The first-order valence-electron chi connectivity index (χ1n) is 6.77. The fourth-order valence-electron chi connectivity index (χ4n) is 2.14. The zero-order valence-corrected chi connectivity index (χ0v) is 12.1. The Balaban J connectivity index is 1.84. The normalized spacial score (nSPS) is 10.1. The van der Waals surface area contributed by atoms with Crippen LogP contribution in [0.15, 0.2) is 28.8 Å². The predicted molar refractivity (Wildman–Crippen MR) is 77.3 cm³/mol. The number of nitrogens with one attached hydrogen (secondary N) is 1. The van der Waals surface area contributed by atoms with Crippen LogP contribution >= 0.6 is 0 Å². The van der Waals surface area contributed by atoms with Crippen LogP contribution in [0.3, 0.4) is 0 Å². The fourth-order valence-corrected chi connectivity index (χ4v) is 2.14. The van der Waals surface area contributed by atoms with Gasteiger partial charge in [0, 0.05) is 18.5 Å². The van der Waals surface area contributed by atoms with Crippen LogP contribution in [-0.2, 0) is 17.8 Å². The molecule has 108 valence electrons.